The molecule has 1 atom stereocenters. The van der Waals surface area contributed by atoms with Gasteiger partial charge in [-0.3, -0.25) is 4.79 Å². The van der Waals surface area contributed by atoms with E-state index in [-0.39, 0.29) is 5.91 Å². The lowest BCUT2D eigenvalue weighted by Crippen LogP contribution is -2.36. The van der Waals surface area contributed by atoms with Gasteiger partial charge < -0.3 is 14.1 Å². The number of ether oxygens (including phenoxy) is 1. The molecule has 6 heteroatoms. The SMILES string of the molecule is CCN(C[C@@H]1CCOC1)C(=O)Cc1nc(-c2cccs2)oc1C. The van der Waals surface area contributed by atoms with E-state index in [1.807, 2.05) is 36.3 Å². The van der Waals surface area contributed by atoms with Crippen molar-refractivity contribution < 1.29 is 13.9 Å². The van der Waals surface area contributed by atoms with E-state index >= 15 is 0 Å². The van der Waals surface area contributed by atoms with Gasteiger partial charge in [0.2, 0.25) is 11.8 Å². The molecule has 0 radical (unpaired) electrons. The quantitative estimate of drug-likeness (QED) is 0.814. The molecule has 3 rings (SSSR count). The van der Waals surface area contributed by atoms with Crippen LogP contribution in [0.4, 0.5) is 0 Å². The monoisotopic (exact) mass is 334 g/mol. The molecule has 1 saturated heterocycles. The van der Waals surface area contributed by atoms with Gasteiger partial charge in [-0.2, -0.15) is 0 Å². The Balaban J connectivity index is 1.66. The molecule has 0 saturated carbocycles. The van der Waals surface area contributed by atoms with Crippen LogP contribution >= 0.6 is 11.3 Å². The Morgan fingerprint density at radius 3 is 3.04 bits per heavy atom. The number of oxazole rings is 1. The van der Waals surface area contributed by atoms with Crippen molar-refractivity contribution in [3.05, 3.63) is 29.0 Å². The van der Waals surface area contributed by atoms with Gasteiger partial charge in [-0.1, -0.05) is 6.07 Å². The summed E-state index contributed by atoms with van der Waals surface area (Å²) in [4.78, 5) is 20.0. The van der Waals surface area contributed by atoms with Gasteiger partial charge >= 0.3 is 0 Å². The number of rotatable bonds is 6. The number of carbonyl (C=O) groups is 1. The van der Waals surface area contributed by atoms with E-state index in [4.69, 9.17) is 9.15 Å². The van der Waals surface area contributed by atoms with Crippen LogP contribution in [0.5, 0.6) is 0 Å². The molecule has 3 heterocycles. The van der Waals surface area contributed by atoms with Crippen molar-refractivity contribution in [3.63, 3.8) is 0 Å². The number of hydrogen-bond donors (Lipinski definition) is 0. The number of aromatic nitrogens is 1. The summed E-state index contributed by atoms with van der Waals surface area (Å²) in [5.74, 6) is 1.89. The van der Waals surface area contributed by atoms with E-state index < -0.39 is 0 Å². The van der Waals surface area contributed by atoms with E-state index in [2.05, 4.69) is 4.98 Å². The van der Waals surface area contributed by atoms with Crippen LogP contribution < -0.4 is 0 Å². The highest BCUT2D eigenvalue weighted by atomic mass is 32.1. The summed E-state index contributed by atoms with van der Waals surface area (Å²) < 4.78 is 11.1. The number of hydrogen-bond acceptors (Lipinski definition) is 5. The third-order valence-corrected chi connectivity index (χ3v) is 5.04. The number of nitrogens with zero attached hydrogens (tertiary/aromatic N) is 2. The smallest absolute Gasteiger partial charge is 0.236 e. The van der Waals surface area contributed by atoms with Crippen molar-refractivity contribution in [3.8, 4) is 10.8 Å². The lowest BCUT2D eigenvalue weighted by molar-refractivity contribution is -0.131. The molecule has 1 aliphatic rings. The summed E-state index contributed by atoms with van der Waals surface area (Å²) in [5, 5.41) is 1.99. The van der Waals surface area contributed by atoms with Crippen molar-refractivity contribution in [1.82, 2.24) is 9.88 Å². The fraction of sp³-hybridized carbons (Fsp3) is 0.529. The third kappa shape index (κ3) is 3.82. The summed E-state index contributed by atoms with van der Waals surface area (Å²) in [6, 6.07) is 3.94. The second-order valence-corrected chi connectivity index (χ2v) is 6.79. The van der Waals surface area contributed by atoms with Gasteiger partial charge in [-0.25, -0.2) is 4.98 Å². The van der Waals surface area contributed by atoms with Crippen LogP contribution in [0.15, 0.2) is 21.9 Å². The first-order valence-corrected chi connectivity index (χ1v) is 8.91. The van der Waals surface area contributed by atoms with Crippen molar-refractivity contribution in [2.24, 2.45) is 5.92 Å². The highest BCUT2D eigenvalue weighted by Gasteiger charge is 2.23. The molecule has 2 aromatic rings. The van der Waals surface area contributed by atoms with Crippen LogP contribution in [0, 0.1) is 12.8 Å². The predicted molar refractivity (Wildman–Crippen MR) is 89.4 cm³/mol. The first kappa shape index (κ1) is 16.2. The summed E-state index contributed by atoms with van der Waals surface area (Å²) in [6.45, 7) is 6.93. The van der Waals surface area contributed by atoms with Crippen molar-refractivity contribution >= 4 is 17.2 Å². The third-order valence-electron chi connectivity index (χ3n) is 4.18. The van der Waals surface area contributed by atoms with Crippen LogP contribution in [0.2, 0.25) is 0 Å². The van der Waals surface area contributed by atoms with E-state index in [1.54, 1.807) is 11.3 Å². The van der Waals surface area contributed by atoms with Crippen LogP contribution in [0.25, 0.3) is 10.8 Å². The lowest BCUT2D eigenvalue weighted by Gasteiger charge is -2.23. The average Bonchev–Trinajstić information content (AvgIpc) is 3.27. The normalized spacial score (nSPS) is 17.6. The minimum atomic E-state index is 0.105. The summed E-state index contributed by atoms with van der Waals surface area (Å²) >= 11 is 1.58. The molecule has 124 valence electrons. The molecule has 1 aliphatic heterocycles. The fourth-order valence-electron chi connectivity index (χ4n) is 2.80. The lowest BCUT2D eigenvalue weighted by atomic mass is 10.1. The van der Waals surface area contributed by atoms with E-state index in [9.17, 15) is 4.79 Å². The van der Waals surface area contributed by atoms with Gasteiger partial charge in [0, 0.05) is 25.6 Å². The molecule has 0 N–H and O–H groups in total. The largest absolute Gasteiger partial charge is 0.440 e. The molecule has 0 bridgehead atoms. The van der Waals surface area contributed by atoms with Crippen molar-refractivity contribution in [2.45, 2.75) is 26.7 Å². The second-order valence-electron chi connectivity index (χ2n) is 5.84. The second kappa shape index (κ2) is 7.27. The molecule has 0 aromatic carbocycles. The van der Waals surface area contributed by atoms with Crippen molar-refractivity contribution in [1.29, 1.82) is 0 Å². The van der Waals surface area contributed by atoms with E-state index in [0.717, 1.165) is 42.5 Å². The zero-order valence-electron chi connectivity index (χ0n) is 13.6. The minimum absolute atomic E-state index is 0.105. The number of thiophene rings is 1. The molecule has 1 amide bonds. The molecular formula is C17H22N2O3S. The Hall–Kier alpha value is -1.66. The van der Waals surface area contributed by atoms with Gasteiger partial charge in [-0.15, -0.1) is 11.3 Å². The molecule has 0 spiro atoms. The van der Waals surface area contributed by atoms with Gasteiger partial charge in [0.05, 0.1) is 23.6 Å². The van der Waals surface area contributed by atoms with Gasteiger partial charge in [-0.05, 0) is 31.7 Å². The Labute approximate surface area is 140 Å². The van der Waals surface area contributed by atoms with Gasteiger partial charge in [0.1, 0.15) is 5.76 Å². The first-order chi connectivity index (χ1) is 11.2. The van der Waals surface area contributed by atoms with E-state index in [0.29, 0.717) is 24.8 Å². The Kier molecular flexibility index (Phi) is 5.13. The predicted octanol–water partition coefficient (Wildman–Crippen LogP) is 3.14. The molecule has 0 aliphatic carbocycles. The number of carbonyl (C=O) groups excluding carboxylic acids is 1. The maximum atomic E-state index is 12.6. The van der Waals surface area contributed by atoms with Crippen molar-refractivity contribution in [2.75, 3.05) is 26.3 Å². The average molecular weight is 334 g/mol. The zero-order chi connectivity index (χ0) is 16.2. The Bertz CT molecular complexity index is 645. The molecule has 5 nitrogen and oxygen atoms in total. The Morgan fingerprint density at radius 2 is 2.39 bits per heavy atom. The van der Waals surface area contributed by atoms with Gasteiger partial charge in [0.25, 0.3) is 0 Å². The summed E-state index contributed by atoms with van der Waals surface area (Å²) in [6.07, 6.45) is 1.33. The number of likely N-dealkylation sites (N-methyl/N-ethyl adjacent to an activating group) is 1. The maximum absolute atomic E-state index is 12.6. The zero-order valence-corrected chi connectivity index (χ0v) is 14.4. The van der Waals surface area contributed by atoms with E-state index in [1.165, 1.54) is 0 Å². The van der Waals surface area contributed by atoms with Crippen LogP contribution in [0.3, 0.4) is 0 Å². The molecule has 1 fully saturated rings. The van der Waals surface area contributed by atoms with Crippen LogP contribution in [-0.4, -0.2) is 42.1 Å². The first-order valence-electron chi connectivity index (χ1n) is 8.03. The molecule has 0 unspecified atom stereocenters. The minimum Gasteiger partial charge on any atom is -0.440 e. The summed E-state index contributed by atoms with van der Waals surface area (Å²) in [7, 11) is 0. The van der Waals surface area contributed by atoms with Crippen LogP contribution in [-0.2, 0) is 16.0 Å². The molecular weight excluding hydrogens is 312 g/mol. The fourth-order valence-corrected chi connectivity index (χ4v) is 3.45. The Morgan fingerprint density at radius 1 is 1.52 bits per heavy atom. The number of amides is 1. The maximum Gasteiger partial charge on any atom is 0.236 e. The molecule has 23 heavy (non-hydrogen) atoms. The van der Waals surface area contributed by atoms with Gasteiger partial charge in [0.15, 0.2) is 0 Å². The topological polar surface area (TPSA) is 55.6 Å². The molecule has 2 aromatic heterocycles. The summed E-state index contributed by atoms with van der Waals surface area (Å²) in [5.41, 5.74) is 0.736. The van der Waals surface area contributed by atoms with Crippen LogP contribution in [0.1, 0.15) is 24.8 Å². The highest BCUT2D eigenvalue weighted by Crippen LogP contribution is 2.26. The number of aryl methyl sites for hydroxylation is 1. The highest BCUT2D eigenvalue weighted by molar-refractivity contribution is 7.13. The standard InChI is InChI=1S/C17H22N2O3S/c1-3-19(10-13-6-7-21-11-13)16(20)9-14-12(2)22-17(18-14)15-5-4-8-23-15/h4-5,8,13H,3,6-7,9-11H2,1-2H3/t13-/m0/s1.